The maximum atomic E-state index is 9.87. The van der Waals surface area contributed by atoms with Crippen molar-refractivity contribution in [2.75, 3.05) is 0 Å². The van der Waals surface area contributed by atoms with E-state index in [9.17, 15) is 4.79 Å². The molecule has 0 spiro atoms. The van der Waals surface area contributed by atoms with Crippen molar-refractivity contribution in [1.29, 1.82) is 0 Å². The predicted molar refractivity (Wildman–Crippen MR) is 92.3 cm³/mol. The largest absolute Gasteiger partial charge is 0.428 e. The summed E-state index contributed by atoms with van der Waals surface area (Å²) in [6.45, 7) is 3.54. The molecular formula is C19H37O3. The summed E-state index contributed by atoms with van der Waals surface area (Å²) >= 11 is 0. The molecule has 3 heteroatoms. The van der Waals surface area contributed by atoms with Crippen molar-refractivity contribution in [3.8, 4) is 0 Å². The van der Waals surface area contributed by atoms with Gasteiger partial charge in [-0.2, -0.15) is 0 Å². The van der Waals surface area contributed by atoms with Crippen LogP contribution >= 0.6 is 0 Å². The van der Waals surface area contributed by atoms with Crippen LogP contribution in [0.25, 0.3) is 0 Å². The number of unbranched alkanes of at least 4 members (excludes halogenated alkanes) is 14. The molecule has 0 saturated carbocycles. The molecule has 0 saturated heterocycles. The fourth-order valence-electron chi connectivity index (χ4n) is 2.80. The molecule has 0 aromatic rings. The highest BCUT2D eigenvalue weighted by Gasteiger charge is 2.02. The van der Waals surface area contributed by atoms with Crippen LogP contribution in [0.1, 0.15) is 110 Å². The highest BCUT2D eigenvalue weighted by atomic mass is 16.6. The van der Waals surface area contributed by atoms with Gasteiger partial charge in [0.25, 0.3) is 0 Å². The zero-order valence-corrected chi connectivity index (χ0v) is 14.7. The lowest BCUT2D eigenvalue weighted by molar-refractivity contribution is -0.0361. The Labute approximate surface area is 137 Å². The van der Waals surface area contributed by atoms with Gasteiger partial charge in [-0.15, -0.1) is 0 Å². The summed E-state index contributed by atoms with van der Waals surface area (Å²) in [6.07, 6.45) is 19.4. The third-order valence-electron chi connectivity index (χ3n) is 4.24. The molecule has 1 N–H and O–H groups in total. The number of ether oxygens (including phenoxy) is 1. The van der Waals surface area contributed by atoms with Crippen LogP contribution in [0.15, 0.2) is 0 Å². The van der Waals surface area contributed by atoms with E-state index in [-0.39, 0.29) is 0 Å². The monoisotopic (exact) mass is 313 g/mol. The van der Waals surface area contributed by atoms with Crippen molar-refractivity contribution in [1.82, 2.24) is 0 Å². The van der Waals surface area contributed by atoms with Gasteiger partial charge in [0.2, 0.25) is 6.29 Å². The van der Waals surface area contributed by atoms with Gasteiger partial charge in [0.15, 0.2) is 0 Å². The molecule has 131 valence electrons. The van der Waals surface area contributed by atoms with Gasteiger partial charge in [-0.05, 0) is 6.42 Å². The van der Waals surface area contributed by atoms with Gasteiger partial charge < -0.3 is 9.84 Å². The summed E-state index contributed by atoms with van der Waals surface area (Å²) in [6, 6.07) is 0. The van der Waals surface area contributed by atoms with Gasteiger partial charge in [0.05, 0.1) is 0 Å². The lowest BCUT2D eigenvalue weighted by atomic mass is 10.0. The van der Waals surface area contributed by atoms with Gasteiger partial charge in [-0.25, -0.2) is 4.79 Å². The van der Waals surface area contributed by atoms with E-state index in [4.69, 9.17) is 5.11 Å². The lowest BCUT2D eigenvalue weighted by Gasteiger charge is -2.07. The first-order valence-electron chi connectivity index (χ1n) is 9.52. The molecule has 0 aliphatic heterocycles. The maximum absolute atomic E-state index is 9.87. The van der Waals surface area contributed by atoms with Gasteiger partial charge in [0.1, 0.15) is 0 Å². The van der Waals surface area contributed by atoms with E-state index in [1.807, 2.05) is 0 Å². The highest BCUT2D eigenvalue weighted by Crippen LogP contribution is 2.14. The molecule has 0 fully saturated rings. The second-order valence-corrected chi connectivity index (χ2v) is 6.39. The van der Waals surface area contributed by atoms with Crippen molar-refractivity contribution in [3.05, 3.63) is 0 Å². The standard InChI is InChI=1S/C19H37O3/c1-2-3-4-5-6-7-8-9-10-11-12-13-14-15-16-17-19(21)22-18-20/h19,21H,2-17H2,1H3. The molecule has 1 radical (unpaired) electrons. The van der Waals surface area contributed by atoms with Crippen LogP contribution < -0.4 is 0 Å². The minimum atomic E-state index is -0.959. The first-order chi connectivity index (χ1) is 10.8. The maximum Gasteiger partial charge on any atom is 0.419 e. The molecule has 22 heavy (non-hydrogen) atoms. The topological polar surface area (TPSA) is 46.5 Å². The Morgan fingerprint density at radius 3 is 1.45 bits per heavy atom. The summed E-state index contributed by atoms with van der Waals surface area (Å²) in [5.74, 6) is 0. The van der Waals surface area contributed by atoms with E-state index in [2.05, 4.69) is 11.7 Å². The Morgan fingerprint density at radius 2 is 1.09 bits per heavy atom. The van der Waals surface area contributed by atoms with E-state index < -0.39 is 6.29 Å². The van der Waals surface area contributed by atoms with Crippen molar-refractivity contribution in [3.63, 3.8) is 0 Å². The third-order valence-corrected chi connectivity index (χ3v) is 4.24. The zero-order valence-electron chi connectivity index (χ0n) is 14.7. The summed E-state index contributed by atoms with van der Waals surface area (Å²) in [4.78, 5) is 9.87. The second kappa shape index (κ2) is 18.5. The van der Waals surface area contributed by atoms with Crippen LogP contribution in [-0.2, 0) is 9.53 Å². The van der Waals surface area contributed by atoms with Gasteiger partial charge in [-0.3, -0.25) is 0 Å². The van der Waals surface area contributed by atoms with Gasteiger partial charge >= 0.3 is 6.47 Å². The van der Waals surface area contributed by atoms with E-state index in [0.29, 0.717) is 6.42 Å². The van der Waals surface area contributed by atoms with Gasteiger partial charge in [0, 0.05) is 6.42 Å². The Kier molecular flexibility index (Phi) is 18.0. The Morgan fingerprint density at radius 1 is 0.727 bits per heavy atom. The van der Waals surface area contributed by atoms with E-state index in [1.54, 1.807) is 0 Å². The summed E-state index contributed by atoms with van der Waals surface area (Å²) in [5, 5.41) is 9.17. The first-order valence-corrected chi connectivity index (χ1v) is 9.52. The summed E-state index contributed by atoms with van der Waals surface area (Å²) < 4.78 is 4.31. The van der Waals surface area contributed by atoms with Crippen LogP contribution in [-0.4, -0.2) is 17.9 Å². The number of aliphatic hydroxyl groups is 1. The summed E-state index contributed by atoms with van der Waals surface area (Å²) in [5.41, 5.74) is 0. The third kappa shape index (κ3) is 17.5. The summed E-state index contributed by atoms with van der Waals surface area (Å²) in [7, 11) is 0. The van der Waals surface area contributed by atoms with Crippen molar-refractivity contribution in [2.45, 2.75) is 116 Å². The van der Waals surface area contributed by atoms with E-state index in [0.717, 1.165) is 12.8 Å². The minimum Gasteiger partial charge on any atom is -0.428 e. The van der Waals surface area contributed by atoms with Crippen LogP contribution in [0.4, 0.5) is 0 Å². The first kappa shape index (κ1) is 21.4. The fourth-order valence-corrected chi connectivity index (χ4v) is 2.80. The molecule has 0 aromatic carbocycles. The minimum absolute atomic E-state index is 0.535. The molecule has 0 amide bonds. The highest BCUT2D eigenvalue weighted by molar-refractivity contribution is 5.38. The number of hydrogen-bond acceptors (Lipinski definition) is 3. The molecule has 0 bridgehead atoms. The Balaban J connectivity index is 3.01. The average Bonchev–Trinajstić information content (AvgIpc) is 2.51. The van der Waals surface area contributed by atoms with E-state index in [1.165, 1.54) is 89.9 Å². The average molecular weight is 314 g/mol. The zero-order chi connectivity index (χ0) is 16.3. The molecule has 0 heterocycles. The molecule has 0 aromatic heterocycles. The smallest absolute Gasteiger partial charge is 0.419 e. The van der Waals surface area contributed by atoms with Crippen LogP contribution in [0.2, 0.25) is 0 Å². The molecule has 0 aliphatic rings. The van der Waals surface area contributed by atoms with Crippen LogP contribution in [0, 0.1) is 0 Å². The Bertz CT molecular complexity index is 219. The van der Waals surface area contributed by atoms with Crippen molar-refractivity contribution < 1.29 is 14.6 Å². The number of carbonyl (C=O) groups excluding carboxylic acids is 1. The Hall–Kier alpha value is -0.570. The van der Waals surface area contributed by atoms with Crippen molar-refractivity contribution in [2.24, 2.45) is 0 Å². The van der Waals surface area contributed by atoms with E-state index >= 15 is 0 Å². The van der Waals surface area contributed by atoms with Crippen LogP contribution in [0.3, 0.4) is 0 Å². The van der Waals surface area contributed by atoms with Gasteiger partial charge in [-0.1, -0.05) is 96.8 Å². The molecule has 1 atom stereocenters. The lowest BCUT2D eigenvalue weighted by Crippen LogP contribution is -2.09. The normalized spacial score (nSPS) is 12.3. The number of rotatable bonds is 18. The molecular weight excluding hydrogens is 276 g/mol. The molecule has 0 aliphatic carbocycles. The second-order valence-electron chi connectivity index (χ2n) is 6.39. The SMILES string of the molecule is CCCCCCCCCCCCCCCCCC(O)O[C]=O. The molecule has 3 nitrogen and oxygen atoms in total. The van der Waals surface area contributed by atoms with Crippen molar-refractivity contribution >= 4 is 6.47 Å². The quantitative estimate of drug-likeness (QED) is 0.263. The fraction of sp³-hybridized carbons (Fsp3) is 0.947. The number of aliphatic hydroxyl groups excluding tert-OH is 1. The molecule has 1 unspecified atom stereocenters. The predicted octanol–water partition coefficient (Wildman–Crippen LogP) is 5.65. The number of hydrogen-bond donors (Lipinski definition) is 1. The van der Waals surface area contributed by atoms with Crippen LogP contribution in [0.5, 0.6) is 0 Å². The molecule has 0 rings (SSSR count).